The lowest BCUT2D eigenvalue weighted by molar-refractivity contribution is -0.136. The van der Waals surface area contributed by atoms with Gasteiger partial charge in [-0.1, -0.05) is 69.9 Å². The maximum atomic E-state index is 12.5. The van der Waals surface area contributed by atoms with Gasteiger partial charge in [-0.15, -0.1) is 0 Å². The van der Waals surface area contributed by atoms with E-state index in [1.54, 1.807) is 31.2 Å². The standard InChI is InChI=1S/C23H34N2O4/c1-2-29-23(28)19-16-12-13-17-20(19)25-22(27)21(26)24-18-14-10-8-6-4-3-5-7-9-11-15-18/h12-13,16-18H,2-11,14-15H2,1H3,(H,24,26)(H,25,27). The van der Waals surface area contributed by atoms with Crippen molar-refractivity contribution in [1.29, 1.82) is 0 Å². The van der Waals surface area contributed by atoms with Gasteiger partial charge in [0.1, 0.15) is 0 Å². The third-order valence-corrected chi connectivity index (χ3v) is 5.32. The molecule has 0 unspecified atom stereocenters. The number of hydrogen-bond donors (Lipinski definition) is 2. The number of para-hydroxylation sites is 1. The molecule has 0 saturated heterocycles. The quantitative estimate of drug-likeness (QED) is 0.570. The molecule has 2 rings (SSSR count). The third-order valence-electron chi connectivity index (χ3n) is 5.32. The van der Waals surface area contributed by atoms with Crippen molar-refractivity contribution in [1.82, 2.24) is 5.32 Å². The number of carbonyl (C=O) groups is 3. The molecule has 29 heavy (non-hydrogen) atoms. The largest absolute Gasteiger partial charge is 0.462 e. The summed E-state index contributed by atoms with van der Waals surface area (Å²) < 4.78 is 5.01. The van der Waals surface area contributed by atoms with E-state index < -0.39 is 17.8 Å². The Labute approximate surface area is 173 Å². The SMILES string of the molecule is CCOC(=O)c1ccccc1NC(=O)C(=O)NC1CCCCCCCCCCC1. The summed E-state index contributed by atoms with van der Waals surface area (Å²) in [5.74, 6) is -1.93. The van der Waals surface area contributed by atoms with Crippen molar-refractivity contribution in [2.75, 3.05) is 11.9 Å². The van der Waals surface area contributed by atoms with Crippen LogP contribution in [0.15, 0.2) is 24.3 Å². The maximum absolute atomic E-state index is 12.5. The number of amides is 2. The van der Waals surface area contributed by atoms with Crippen LogP contribution in [0.3, 0.4) is 0 Å². The molecule has 160 valence electrons. The highest BCUT2D eigenvalue weighted by atomic mass is 16.5. The minimum Gasteiger partial charge on any atom is -0.462 e. The van der Waals surface area contributed by atoms with Crippen LogP contribution >= 0.6 is 0 Å². The summed E-state index contributed by atoms with van der Waals surface area (Å²) in [4.78, 5) is 36.9. The smallest absolute Gasteiger partial charge is 0.340 e. The van der Waals surface area contributed by atoms with Crippen molar-refractivity contribution in [2.45, 2.75) is 83.6 Å². The minimum atomic E-state index is -0.757. The zero-order valence-corrected chi connectivity index (χ0v) is 17.5. The van der Waals surface area contributed by atoms with Gasteiger partial charge in [-0.3, -0.25) is 9.59 Å². The van der Waals surface area contributed by atoms with Gasteiger partial charge in [-0.05, 0) is 31.9 Å². The zero-order chi connectivity index (χ0) is 20.9. The zero-order valence-electron chi connectivity index (χ0n) is 17.5. The number of rotatable bonds is 4. The summed E-state index contributed by atoms with van der Waals surface area (Å²) >= 11 is 0. The first-order valence-electron chi connectivity index (χ1n) is 11.0. The molecule has 0 heterocycles. The lowest BCUT2D eigenvalue weighted by atomic mass is 9.98. The maximum Gasteiger partial charge on any atom is 0.340 e. The Balaban J connectivity index is 1.93. The van der Waals surface area contributed by atoms with Crippen molar-refractivity contribution in [3.63, 3.8) is 0 Å². The minimum absolute atomic E-state index is 0.0213. The van der Waals surface area contributed by atoms with Gasteiger partial charge in [0.25, 0.3) is 0 Å². The first-order chi connectivity index (χ1) is 14.1. The average molecular weight is 403 g/mol. The molecule has 0 aliphatic heterocycles. The normalized spacial score (nSPS) is 16.7. The molecular weight excluding hydrogens is 368 g/mol. The second kappa shape index (κ2) is 13.0. The molecule has 1 saturated carbocycles. The molecule has 0 aromatic heterocycles. The van der Waals surface area contributed by atoms with E-state index in [9.17, 15) is 14.4 Å². The van der Waals surface area contributed by atoms with E-state index in [0.717, 1.165) is 25.7 Å². The molecule has 6 nitrogen and oxygen atoms in total. The fraction of sp³-hybridized carbons (Fsp3) is 0.609. The van der Waals surface area contributed by atoms with Gasteiger partial charge < -0.3 is 15.4 Å². The Morgan fingerprint density at radius 1 is 0.862 bits per heavy atom. The van der Waals surface area contributed by atoms with Gasteiger partial charge in [0.2, 0.25) is 0 Å². The highest BCUT2D eigenvalue weighted by molar-refractivity contribution is 6.40. The molecule has 2 amide bonds. The van der Waals surface area contributed by atoms with Crippen molar-refractivity contribution in [3.8, 4) is 0 Å². The number of anilines is 1. The molecule has 0 bridgehead atoms. The van der Waals surface area contributed by atoms with E-state index in [2.05, 4.69) is 10.6 Å². The third kappa shape index (κ3) is 8.26. The van der Waals surface area contributed by atoms with Crippen molar-refractivity contribution < 1.29 is 19.1 Å². The Bertz CT molecular complexity index is 663. The fourth-order valence-electron chi connectivity index (χ4n) is 3.72. The number of hydrogen-bond acceptors (Lipinski definition) is 4. The molecule has 0 radical (unpaired) electrons. The van der Waals surface area contributed by atoms with E-state index in [0.29, 0.717) is 0 Å². The molecule has 0 spiro atoms. The van der Waals surface area contributed by atoms with E-state index in [4.69, 9.17) is 4.74 Å². The van der Waals surface area contributed by atoms with Gasteiger partial charge in [-0.2, -0.15) is 0 Å². The molecule has 2 N–H and O–H groups in total. The molecule has 6 heteroatoms. The van der Waals surface area contributed by atoms with Crippen molar-refractivity contribution in [3.05, 3.63) is 29.8 Å². The van der Waals surface area contributed by atoms with E-state index in [1.165, 1.54) is 44.9 Å². The Morgan fingerprint density at radius 3 is 2.00 bits per heavy atom. The first kappa shape index (κ1) is 22.9. The molecule has 1 aromatic carbocycles. The summed E-state index contributed by atoms with van der Waals surface area (Å²) in [6.45, 7) is 1.96. The van der Waals surface area contributed by atoms with Crippen LogP contribution in [0.1, 0.15) is 87.9 Å². The molecule has 1 aliphatic rings. The van der Waals surface area contributed by atoms with Crippen LogP contribution in [0.2, 0.25) is 0 Å². The van der Waals surface area contributed by atoms with Gasteiger partial charge in [0.15, 0.2) is 0 Å². The summed E-state index contributed by atoms with van der Waals surface area (Å²) in [5, 5.41) is 5.45. The Morgan fingerprint density at radius 2 is 1.41 bits per heavy atom. The van der Waals surface area contributed by atoms with Gasteiger partial charge in [0, 0.05) is 6.04 Å². The van der Waals surface area contributed by atoms with E-state index >= 15 is 0 Å². The van der Waals surface area contributed by atoms with Crippen LogP contribution in [0.4, 0.5) is 5.69 Å². The van der Waals surface area contributed by atoms with Gasteiger partial charge in [-0.25, -0.2) is 4.79 Å². The average Bonchev–Trinajstić information content (AvgIpc) is 2.70. The highest BCUT2D eigenvalue weighted by Crippen LogP contribution is 2.18. The lowest BCUT2D eigenvalue weighted by Gasteiger charge is -2.19. The topological polar surface area (TPSA) is 84.5 Å². The summed E-state index contributed by atoms with van der Waals surface area (Å²) in [7, 11) is 0. The van der Waals surface area contributed by atoms with Crippen LogP contribution in [0.5, 0.6) is 0 Å². The van der Waals surface area contributed by atoms with E-state index in [1.807, 2.05) is 0 Å². The van der Waals surface area contributed by atoms with Gasteiger partial charge in [0.05, 0.1) is 17.9 Å². The Hall–Kier alpha value is -2.37. The van der Waals surface area contributed by atoms with Crippen LogP contribution in [-0.4, -0.2) is 30.4 Å². The van der Waals surface area contributed by atoms with Crippen LogP contribution < -0.4 is 10.6 Å². The van der Waals surface area contributed by atoms with Crippen molar-refractivity contribution >= 4 is 23.5 Å². The first-order valence-corrected chi connectivity index (χ1v) is 11.0. The van der Waals surface area contributed by atoms with Crippen LogP contribution in [0, 0.1) is 0 Å². The number of carbonyl (C=O) groups excluding carboxylic acids is 3. The molecule has 0 atom stereocenters. The Kier molecular flexibility index (Phi) is 10.2. The van der Waals surface area contributed by atoms with Gasteiger partial charge >= 0.3 is 17.8 Å². The van der Waals surface area contributed by atoms with Crippen LogP contribution in [-0.2, 0) is 14.3 Å². The van der Waals surface area contributed by atoms with E-state index in [-0.39, 0.29) is 23.9 Å². The predicted octanol–water partition coefficient (Wildman–Crippen LogP) is 4.59. The number of benzene rings is 1. The highest BCUT2D eigenvalue weighted by Gasteiger charge is 2.21. The lowest BCUT2D eigenvalue weighted by Crippen LogP contribution is -2.42. The molecule has 1 aliphatic carbocycles. The number of ether oxygens (including phenoxy) is 1. The summed E-state index contributed by atoms with van der Waals surface area (Å²) in [6.07, 6.45) is 12.7. The molecule has 1 aromatic rings. The monoisotopic (exact) mass is 402 g/mol. The molecular formula is C23H34N2O4. The predicted molar refractivity (Wildman–Crippen MR) is 114 cm³/mol. The van der Waals surface area contributed by atoms with Crippen LogP contribution in [0.25, 0.3) is 0 Å². The molecule has 1 fully saturated rings. The fourth-order valence-corrected chi connectivity index (χ4v) is 3.72. The summed E-state index contributed by atoms with van der Waals surface area (Å²) in [6, 6.07) is 6.56. The second-order valence-corrected chi connectivity index (χ2v) is 7.65. The second-order valence-electron chi connectivity index (χ2n) is 7.65. The number of esters is 1. The number of nitrogens with one attached hydrogen (secondary N) is 2. The summed E-state index contributed by atoms with van der Waals surface area (Å²) in [5.41, 5.74) is 0.520. The van der Waals surface area contributed by atoms with Crippen molar-refractivity contribution in [2.24, 2.45) is 0 Å².